The molecule has 5 nitrogen and oxygen atoms in total. The molecule has 25 heavy (non-hydrogen) atoms. The van der Waals surface area contributed by atoms with Gasteiger partial charge < -0.3 is 19.9 Å². The van der Waals surface area contributed by atoms with E-state index in [1.54, 1.807) is 4.90 Å². The van der Waals surface area contributed by atoms with E-state index in [1.165, 1.54) is 5.56 Å². The summed E-state index contributed by atoms with van der Waals surface area (Å²) in [6, 6.07) is 11.2. The molecule has 2 rings (SSSR count). The number of carbonyl (C=O) groups is 1. The normalized spacial score (nSPS) is 18.0. The van der Waals surface area contributed by atoms with Gasteiger partial charge >= 0.3 is 6.09 Å². The number of likely N-dealkylation sites (N-methyl/N-ethyl adjacent to an activating group) is 1. The molecule has 0 spiro atoms. The topological polar surface area (TPSA) is 44.8 Å². The second kappa shape index (κ2) is 8.19. The third kappa shape index (κ3) is 5.72. The molecule has 1 aromatic carbocycles. The van der Waals surface area contributed by atoms with Gasteiger partial charge in [0.05, 0.1) is 0 Å². The third-order valence-corrected chi connectivity index (χ3v) is 4.51. The average molecular weight is 348 g/mol. The minimum absolute atomic E-state index is 0.202. The Balaban J connectivity index is 1.79. The number of carbonyl (C=O) groups excluding carboxylic acids is 1. The molecule has 140 valence electrons. The molecular weight excluding hydrogens is 314 g/mol. The molecule has 1 heterocycles. The van der Waals surface area contributed by atoms with Crippen molar-refractivity contribution in [2.24, 2.45) is 5.92 Å². The first-order chi connectivity index (χ1) is 11.7. The van der Waals surface area contributed by atoms with Gasteiger partial charge in [0.2, 0.25) is 0 Å². The zero-order chi connectivity index (χ0) is 18.6. The number of likely N-dealkylation sites (tertiary alicyclic amines) is 1. The van der Waals surface area contributed by atoms with Crippen LogP contribution >= 0.6 is 0 Å². The van der Waals surface area contributed by atoms with E-state index in [2.05, 4.69) is 55.5 Å². The summed E-state index contributed by atoms with van der Waals surface area (Å²) in [5.74, 6) is 0.494. The molecule has 0 aromatic heterocycles. The van der Waals surface area contributed by atoms with Crippen molar-refractivity contribution in [3.05, 3.63) is 35.9 Å². The van der Waals surface area contributed by atoms with Gasteiger partial charge in [-0.05, 0) is 47.4 Å². The molecule has 0 aliphatic carbocycles. The van der Waals surface area contributed by atoms with Crippen molar-refractivity contribution in [2.75, 3.05) is 33.7 Å². The summed E-state index contributed by atoms with van der Waals surface area (Å²) in [5, 5.41) is 3.65. The van der Waals surface area contributed by atoms with Crippen LogP contribution in [-0.4, -0.2) is 61.3 Å². The Morgan fingerprint density at radius 3 is 2.40 bits per heavy atom. The van der Waals surface area contributed by atoms with Gasteiger partial charge in [-0.3, -0.25) is 0 Å². The molecule has 0 radical (unpaired) electrons. The second-order valence-corrected chi connectivity index (χ2v) is 8.27. The van der Waals surface area contributed by atoms with E-state index < -0.39 is 5.60 Å². The Bertz CT molecular complexity index is 548. The lowest BCUT2D eigenvalue weighted by Crippen LogP contribution is -2.55. The highest BCUT2D eigenvalue weighted by atomic mass is 16.6. The van der Waals surface area contributed by atoms with E-state index >= 15 is 0 Å². The van der Waals surface area contributed by atoms with Crippen LogP contribution in [0, 0.1) is 5.92 Å². The van der Waals surface area contributed by atoms with Crippen molar-refractivity contribution in [2.45, 2.75) is 45.4 Å². The zero-order valence-corrected chi connectivity index (χ0v) is 16.5. The van der Waals surface area contributed by atoms with Gasteiger partial charge in [-0.1, -0.05) is 30.3 Å². The summed E-state index contributed by atoms with van der Waals surface area (Å²) in [7, 11) is 4.23. The monoisotopic (exact) mass is 347 g/mol. The van der Waals surface area contributed by atoms with Gasteiger partial charge in [-0.25, -0.2) is 4.79 Å². The fourth-order valence-corrected chi connectivity index (χ4v) is 3.32. The molecule has 0 bridgehead atoms. The molecular formula is C20H33N3O2. The van der Waals surface area contributed by atoms with Crippen LogP contribution < -0.4 is 5.32 Å². The minimum Gasteiger partial charge on any atom is -0.444 e. The molecule has 1 aromatic rings. The number of hydrogen-bond acceptors (Lipinski definition) is 4. The van der Waals surface area contributed by atoms with Crippen LogP contribution in [0.25, 0.3) is 0 Å². The Morgan fingerprint density at radius 1 is 1.28 bits per heavy atom. The maximum atomic E-state index is 12.0. The summed E-state index contributed by atoms with van der Waals surface area (Å²) in [5.41, 5.74) is 0.889. The third-order valence-electron chi connectivity index (χ3n) is 4.51. The fourth-order valence-electron chi connectivity index (χ4n) is 3.32. The summed E-state index contributed by atoms with van der Waals surface area (Å²) >= 11 is 0. The van der Waals surface area contributed by atoms with Crippen LogP contribution in [0.15, 0.2) is 30.3 Å². The van der Waals surface area contributed by atoms with E-state index in [1.807, 2.05) is 26.8 Å². The van der Waals surface area contributed by atoms with Gasteiger partial charge in [0.15, 0.2) is 0 Å². The molecule has 2 unspecified atom stereocenters. The number of nitrogens with zero attached hydrogens (tertiary/aromatic N) is 2. The molecule has 1 N–H and O–H groups in total. The summed E-state index contributed by atoms with van der Waals surface area (Å²) < 4.78 is 5.40. The van der Waals surface area contributed by atoms with E-state index in [0.29, 0.717) is 18.0 Å². The molecule has 1 amide bonds. The van der Waals surface area contributed by atoms with E-state index in [4.69, 9.17) is 4.74 Å². The first-order valence-corrected chi connectivity index (χ1v) is 9.10. The highest BCUT2D eigenvalue weighted by Gasteiger charge is 2.34. The lowest BCUT2D eigenvalue weighted by Gasteiger charge is -2.41. The summed E-state index contributed by atoms with van der Waals surface area (Å²) in [6.07, 6.45) is -0.202. The standard InChI is InChI=1S/C20H33N3O2/c1-15(18(22(5)6)17-10-8-7-9-11-17)21-12-16-13-23(14-16)19(24)25-20(2,3)4/h7-11,15-16,18,21H,12-14H2,1-6H3. The SMILES string of the molecule is CC(NCC1CN(C(=O)OC(C)(C)C)C1)C(c1ccccc1)N(C)C. The molecule has 1 fully saturated rings. The van der Waals surface area contributed by atoms with Crippen molar-refractivity contribution >= 4 is 6.09 Å². The van der Waals surface area contributed by atoms with Gasteiger partial charge in [0, 0.05) is 37.6 Å². The van der Waals surface area contributed by atoms with Crippen LogP contribution in [-0.2, 0) is 4.74 Å². The number of hydrogen-bond donors (Lipinski definition) is 1. The van der Waals surface area contributed by atoms with Crippen LogP contribution in [0.5, 0.6) is 0 Å². The molecule has 0 saturated carbocycles. The lowest BCUT2D eigenvalue weighted by atomic mass is 9.97. The van der Waals surface area contributed by atoms with Crippen molar-refractivity contribution in [1.82, 2.24) is 15.1 Å². The smallest absolute Gasteiger partial charge is 0.410 e. The maximum absolute atomic E-state index is 12.0. The predicted octanol–water partition coefficient (Wildman–Crippen LogP) is 3.13. The Labute approximate surface area is 152 Å². The summed E-state index contributed by atoms with van der Waals surface area (Å²) in [6.45, 7) is 10.4. The number of rotatable bonds is 6. The van der Waals surface area contributed by atoms with Crippen LogP contribution in [0.3, 0.4) is 0 Å². The van der Waals surface area contributed by atoms with Crippen LogP contribution in [0.1, 0.15) is 39.3 Å². The predicted molar refractivity (Wildman–Crippen MR) is 102 cm³/mol. The van der Waals surface area contributed by atoms with Crippen LogP contribution in [0.2, 0.25) is 0 Å². The Kier molecular flexibility index (Phi) is 6.47. The van der Waals surface area contributed by atoms with Crippen molar-refractivity contribution in [3.63, 3.8) is 0 Å². The van der Waals surface area contributed by atoms with Crippen molar-refractivity contribution in [1.29, 1.82) is 0 Å². The first-order valence-electron chi connectivity index (χ1n) is 9.10. The van der Waals surface area contributed by atoms with Gasteiger partial charge in [0.1, 0.15) is 5.60 Å². The average Bonchev–Trinajstić information content (AvgIpc) is 2.44. The van der Waals surface area contributed by atoms with Gasteiger partial charge in [-0.15, -0.1) is 0 Å². The highest BCUT2D eigenvalue weighted by Crippen LogP contribution is 2.23. The molecule has 1 aliphatic rings. The molecule has 2 atom stereocenters. The van der Waals surface area contributed by atoms with Crippen molar-refractivity contribution in [3.8, 4) is 0 Å². The van der Waals surface area contributed by atoms with E-state index in [-0.39, 0.29) is 6.09 Å². The maximum Gasteiger partial charge on any atom is 0.410 e. The zero-order valence-electron chi connectivity index (χ0n) is 16.5. The molecule has 1 aliphatic heterocycles. The first kappa shape index (κ1) is 19.7. The second-order valence-electron chi connectivity index (χ2n) is 8.27. The quantitative estimate of drug-likeness (QED) is 0.859. The summed E-state index contributed by atoms with van der Waals surface area (Å²) in [4.78, 5) is 16.0. The Morgan fingerprint density at radius 2 is 1.88 bits per heavy atom. The van der Waals surface area contributed by atoms with Gasteiger partial charge in [-0.2, -0.15) is 0 Å². The number of benzene rings is 1. The number of amides is 1. The van der Waals surface area contributed by atoms with Crippen molar-refractivity contribution < 1.29 is 9.53 Å². The minimum atomic E-state index is -0.427. The number of nitrogens with one attached hydrogen (secondary N) is 1. The molecule has 5 heteroatoms. The highest BCUT2D eigenvalue weighted by molar-refractivity contribution is 5.69. The molecule has 1 saturated heterocycles. The van der Waals surface area contributed by atoms with Crippen LogP contribution in [0.4, 0.5) is 4.79 Å². The van der Waals surface area contributed by atoms with E-state index in [9.17, 15) is 4.79 Å². The van der Waals surface area contributed by atoms with E-state index in [0.717, 1.165) is 19.6 Å². The Hall–Kier alpha value is -1.59. The fraction of sp³-hybridized carbons (Fsp3) is 0.650. The number of ether oxygens (including phenoxy) is 1. The van der Waals surface area contributed by atoms with Gasteiger partial charge in [0.25, 0.3) is 0 Å². The largest absolute Gasteiger partial charge is 0.444 e. The lowest BCUT2D eigenvalue weighted by molar-refractivity contribution is -0.00132.